The highest BCUT2D eigenvalue weighted by molar-refractivity contribution is 5.37. The van der Waals surface area contributed by atoms with Gasteiger partial charge >= 0.3 is 0 Å². The van der Waals surface area contributed by atoms with Gasteiger partial charge in [0.05, 0.1) is 18.2 Å². The van der Waals surface area contributed by atoms with Crippen molar-refractivity contribution in [1.29, 1.82) is 0 Å². The summed E-state index contributed by atoms with van der Waals surface area (Å²) in [4.78, 5) is 2.60. The largest absolute Gasteiger partial charge is 0.376 e. The van der Waals surface area contributed by atoms with Crippen molar-refractivity contribution in [3.63, 3.8) is 0 Å². The van der Waals surface area contributed by atoms with Crippen LogP contribution in [0.5, 0.6) is 0 Å². The van der Waals surface area contributed by atoms with Crippen LogP contribution in [0.25, 0.3) is 0 Å². The van der Waals surface area contributed by atoms with Crippen LogP contribution < -0.4 is 5.73 Å². The van der Waals surface area contributed by atoms with Crippen LogP contribution in [-0.2, 0) is 16.7 Å². The molecule has 20 heavy (non-hydrogen) atoms. The van der Waals surface area contributed by atoms with Crippen molar-refractivity contribution in [1.82, 2.24) is 4.90 Å². The van der Waals surface area contributed by atoms with Gasteiger partial charge in [-0.15, -0.1) is 0 Å². The Kier molecular flexibility index (Phi) is 4.11. The molecular formula is C17H26N2O. The molecule has 1 aromatic carbocycles. The van der Waals surface area contributed by atoms with Crippen LogP contribution in [0.15, 0.2) is 24.3 Å². The fourth-order valence-electron chi connectivity index (χ4n) is 3.92. The maximum atomic E-state index is 6.29. The van der Waals surface area contributed by atoms with Gasteiger partial charge < -0.3 is 10.5 Å². The van der Waals surface area contributed by atoms with Crippen LogP contribution in [0.1, 0.15) is 37.3 Å². The molecule has 3 heteroatoms. The topological polar surface area (TPSA) is 38.5 Å². The fraction of sp³-hybridized carbons (Fsp3) is 0.647. The lowest BCUT2D eigenvalue weighted by Gasteiger charge is -2.50. The number of benzene rings is 1. The highest BCUT2D eigenvalue weighted by atomic mass is 16.5. The summed E-state index contributed by atoms with van der Waals surface area (Å²) in [5.74, 6) is 0. The van der Waals surface area contributed by atoms with Gasteiger partial charge in [-0.3, -0.25) is 4.90 Å². The lowest BCUT2D eigenvalue weighted by atomic mass is 9.75. The van der Waals surface area contributed by atoms with Crippen LogP contribution in [0.3, 0.4) is 0 Å². The van der Waals surface area contributed by atoms with E-state index in [1.165, 1.54) is 30.4 Å². The van der Waals surface area contributed by atoms with E-state index in [9.17, 15) is 0 Å². The van der Waals surface area contributed by atoms with Gasteiger partial charge in [0.1, 0.15) is 0 Å². The SMILES string of the molecule is CCC1CN(C2(CN)CCCc3ccccc32)CCO1. The molecule has 2 aliphatic rings. The quantitative estimate of drug-likeness (QED) is 0.919. The number of aryl methyl sites for hydroxylation is 1. The van der Waals surface area contributed by atoms with E-state index < -0.39 is 0 Å². The van der Waals surface area contributed by atoms with Gasteiger partial charge in [-0.25, -0.2) is 0 Å². The molecule has 0 spiro atoms. The zero-order valence-electron chi connectivity index (χ0n) is 12.5. The molecule has 1 heterocycles. The summed E-state index contributed by atoms with van der Waals surface area (Å²) in [6.07, 6.45) is 5.05. The highest BCUT2D eigenvalue weighted by Gasteiger charge is 2.42. The summed E-state index contributed by atoms with van der Waals surface area (Å²) in [5, 5.41) is 0. The molecule has 110 valence electrons. The van der Waals surface area contributed by atoms with Crippen LogP contribution in [0, 0.1) is 0 Å². The predicted molar refractivity (Wildman–Crippen MR) is 81.7 cm³/mol. The smallest absolute Gasteiger partial charge is 0.0700 e. The number of hydrogen-bond acceptors (Lipinski definition) is 3. The molecule has 0 saturated carbocycles. The van der Waals surface area contributed by atoms with Crippen LogP contribution in [0.2, 0.25) is 0 Å². The third-order valence-corrected chi connectivity index (χ3v) is 5.09. The van der Waals surface area contributed by atoms with E-state index in [2.05, 4.69) is 36.1 Å². The van der Waals surface area contributed by atoms with Gasteiger partial charge in [-0.05, 0) is 36.8 Å². The van der Waals surface area contributed by atoms with Gasteiger partial charge in [0.2, 0.25) is 0 Å². The van der Waals surface area contributed by atoms with E-state index >= 15 is 0 Å². The summed E-state index contributed by atoms with van der Waals surface area (Å²) >= 11 is 0. The van der Waals surface area contributed by atoms with Gasteiger partial charge in [0.25, 0.3) is 0 Å². The van der Waals surface area contributed by atoms with Crippen molar-refractivity contribution in [2.45, 2.75) is 44.2 Å². The Hall–Kier alpha value is -0.900. The summed E-state index contributed by atoms with van der Waals surface area (Å²) in [5.41, 5.74) is 9.28. The first-order valence-electron chi connectivity index (χ1n) is 7.95. The normalized spacial score (nSPS) is 31.0. The molecule has 0 aromatic heterocycles. The second-order valence-corrected chi connectivity index (χ2v) is 6.09. The lowest BCUT2D eigenvalue weighted by molar-refractivity contribution is -0.0755. The second-order valence-electron chi connectivity index (χ2n) is 6.09. The van der Waals surface area contributed by atoms with Gasteiger partial charge in [0, 0.05) is 19.6 Å². The van der Waals surface area contributed by atoms with E-state index in [1.54, 1.807) is 0 Å². The molecule has 1 fully saturated rings. The third kappa shape index (κ3) is 2.28. The van der Waals surface area contributed by atoms with E-state index in [4.69, 9.17) is 10.5 Å². The number of rotatable bonds is 3. The molecular weight excluding hydrogens is 248 g/mol. The summed E-state index contributed by atoms with van der Waals surface area (Å²) in [7, 11) is 0. The van der Waals surface area contributed by atoms with Crippen LogP contribution in [-0.4, -0.2) is 37.2 Å². The molecule has 1 aliphatic heterocycles. The van der Waals surface area contributed by atoms with Crippen molar-refractivity contribution < 1.29 is 4.74 Å². The number of ether oxygens (including phenoxy) is 1. The maximum Gasteiger partial charge on any atom is 0.0700 e. The minimum atomic E-state index is 0.0338. The Labute approximate surface area is 122 Å². The molecule has 2 N–H and O–H groups in total. The zero-order valence-corrected chi connectivity index (χ0v) is 12.5. The van der Waals surface area contributed by atoms with Crippen LogP contribution >= 0.6 is 0 Å². The van der Waals surface area contributed by atoms with E-state index in [0.717, 1.165) is 26.1 Å². The molecule has 2 atom stereocenters. The second kappa shape index (κ2) is 5.84. The van der Waals surface area contributed by atoms with Crippen molar-refractivity contribution in [2.75, 3.05) is 26.2 Å². The van der Waals surface area contributed by atoms with Crippen molar-refractivity contribution in [2.24, 2.45) is 5.73 Å². The molecule has 0 amide bonds. The van der Waals surface area contributed by atoms with Gasteiger partial charge in [0.15, 0.2) is 0 Å². The minimum absolute atomic E-state index is 0.0338. The highest BCUT2D eigenvalue weighted by Crippen LogP contribution is 2.40. The first-order chi connectivity index (χ1) is 9.80. The average molecular weight is 274 g/mol. The monoisotopic (exact) mass is 274 g/mol. The molecule has 2 unspecified atom stereocenters. The minimum Gasteiger partial charge on any atom is -0.376 e. The molecule has 1 saturated heterocycles. The van der Waals surface area contributed by atoms with Gasteiger partial charge in [-0.1, -0.05) is 31.2 Å². The summed E-state index contributed by atoms with van der Waals surface area (Å²) < 4.78 is 5.84. The number of morpholine rings is 1. The van der Waals surface area contributed by atoms with E-state index in [-0.39, 0.29) is 5.54 Å². The predicted octanol–water partition coefficient (Wildman–Crippen LogP) is 2.29. The molecule has 1 aliphatic carbocycles. The maximum absolute atomic E-state index is 6.29. The number of nitrogens with zero attached hydrogens (tertiary/aromatic N) is 1. The Morgan fingerprint density at radius 1 is 1.40 bits per heavy atom. The third-order valence-electron chi connectivity index (χ3n) is 5.09. The van der Waals surface area contributed by atoms with Crippen LogP contribution in [0.4, 0.5) is 0 Å². The van der Waals surface area contributed by atoms with E-state index in [1.807, 2.05) is 0 Å². The average Bonchev–Trinajstić information content (AvgIpc) is 2.54. The molecule has 1 aromatic rings. The first kappa shape index (κ1) is 14.1. The van der Waals surface area contributed by atoms with Crippen molar-refractivity contribution in [3.05, 3.63) is 35.4 Å². The lowest BCUT2D eigenvalue weighted by Crippen LogP contribution is -2.58. The van der Waals surface area contributed by atoms with Gasteiger partial charge in [-0.2, -0.15) is 0 Å². The van der Waals surface area contributed by atoms with Crippen molar-refractivity contribution >= 4 is 0 Å². The molecule has 3 rings (SSSR count). The van der Waals surface area contributed by atoms with E-state index in [0.29, 0.717) is 12.6 Å². The Morgan fingerprint density at radius 2 is 2.25 bits per heavy atom. The number of hydrogen-bond donors (Lipinski definition) is 1. The summed E-state index contributed by atoms with van der Waals surface area (Å²) in [6, 6.07) is 8.88. The molecule has 0 radical (unpaired) electrons. The molecule has 0 bridgehead atoms. The first-order valence-corrected chi connectivity index (χ1v) is 7.95. The zero-order chi connectivity index (χ0) is 14.0. The van der Waals surface area contributed by atoms with Crippen molar-refractivity contribution in [3.8, 4) is 0 Å². The fourth-order valence-corrected chi connectivity index (χ4v) is 3.92. The Bertz CT molecular complexity index is 462. The Balaban J connectivity index is 1.95. The molecule has 3 nitrogen and oxygen atoms in total. The number of nitrogens with two attached hydrogens (primary N) is 1. The summed E-state index contributed by atoms with van der Waals surface area (Å²) in [6.45, 7) is 5.77. The Morgan fingerprint density at radius 3 is 3.05 bits per heavy atom. The number of fused-ring (bicyclic) bond motifs is 1. The standard InChI is InChI=1S/C17H26N2O/c1-2-15-12-19(10-11-20-15)17(13-18)9-5-7-14-6-3-4-8-16(14)17/h3-4,6,8,15H,2,5,7,9-13,18H2,1H3.